The molecule has 0 atom stereocenters. The summed E-state index contributed by atoms with van der Waals surface area (Å²) in [5.41, 5.74) is -1.94. The van der Waals surface area contributed by atoms with E-state index in [1.54, 1.807) is 0 Å². The second-order valence-electron chi connectivity index (χ2n) is 6.54. The van der Waals surface area contributed by atoms with Crippen molar-refractivity contribution in [1.82, 2.24) is 15.1 Å². The number of benzene rings is 2. The molecule has 2 aromatic carbocycles. The van der Waals surface area contributed by atoms with Crippen LogP contribution in [0.1, 0.15) is 27.3 Å². The van der Waals surface area contributed by atoms with E-state index in [4.69, 9.17) is 0 Å². The molecule has 0 radical (unpaired) electrons. The van der Waals surface area contributed by atoms with Gasteiger partial charge in [0.25, 0.3) is 11.6 Å². The van der Waals surface area contributed by atoms with Gasteiger partial charge in [0.15, 0.2) is 5.69 Å². The predicted octanol–water partition coefficient (Wildman–Crippen LogP) is 3.40. The lowest BCUT2D eigenvalue weighted by atomic mass is 10.1. The number of nitro benzene ring substituents is 1. The quantitative estimate of drug-likeness (QED) is 0.491. The number of aromatic nitrogens is 2. The molecular weight excluding hydrogens is 417 g/mol. The number of carbonyl (C=O) groups is 1. The highest BCUT2D eigenvalue weighted by atomic mass is 19.4. The second kappa shape index (κ2) is 8.38. The number of nitro groups is 1. The summed E-state index contributed by atoms with van der Waals surface area (Å²) in [6.45, 7) is 1.22. The van der Waals surface area contributed by atoms with Crippen LogP contribution in [-0.4, -0.2) is 20.6 Å². The number of aryl methyl sites for hydroxylation is 1. The third kappa shape index (κ3) is 4.77. The van der Waals surface area contributed by atoms with Gasteiger partial charge in [-0.2, -0.15) is 18.3 Å². The van der Waals surface area contributed by atoms with Gasteiger partial charge in [-0.05, 0) is 30.7 Å². The molecule has 0 aliphatic heterocycles. The first-order valence-electron chi connectivity index (χ1n) is 8.87. The molecule has 0 aliphatic carbocycles. The maximum atomic E-state index is 12.8. The molecule has 0 saturated heterocycles. The van der Waals surface area contributed by atoms with Gasteiger partial charge in [-0.15, -0.1) is 0 Å². The molecule has 1 N–H and O–H groups in total. The standard InChI is InChI=1S/C20H15F3N4O4/c1-12-9-17(28)18(25-26(12)15-7-2-3-8-16(15)27(30)31)19(29)24-11-13-5-4-6-14(10-13)20(21,22)23/h2-10H,11H2,1H3,(H,24,29). The Hall–Kier alpha value is -4.02. The first kappa shape index (κ1) is 21.7. The van der Waals surface area contributed by atoms with Crippen LogP contribution in [0.3, 0.4) is 0 Å². The number of halogens is 3. The zero-order valence-corrected chi connectivity index (χ0v) is 16.0. The first-order chi connectivity index (χ1) is 14.6. The average Bonchev–Trinajstić information content (AvgIpc) is 2.71. The number of hydrogen-bond acceptors (Lipinski definition) is 5. The fraction of sp³-hybridized carbons (Fsp3) is 0.150. The van der Waals surface area contributed by atoms with Gasteiger partial charge in [-0.1, -0.05) is 24.3 Å². The first-order valence-corrected chi connectivity index (χ1v) is 8.87. The molecule has 0 bridgehead atoms. The molecule has 0 saturated carbocycles. The number of carbonyl (C=O) groups excluding carboxylic acids is 1. The van der Waals surface area contributed by atoms with Crippen LogP contribution in [0.4, 0.5) is 18.9 Å². The molecule has 1 amide bonds. The van der Waals surface area contributed by atoms with Crippen LogP contribution in [0.2, 0.25) is 0 Å². The minimum atomic E-state index is -4.53. The van der Waals surface area contributed by atoms with Crippen LogP contribution >= 0.6 is 0 Å². The Balaban J connectivity index is 1.90. The number of rotatable bonds is 5. The fourth-order valence-electron chi connectivity index (χ4n) is 2.87. The van der Waals surface area contributed by atoms with Crippen molar-refractivity contribution in [1.29, 1.82) is 0 Å². The molecule has 160 valence electrons. The smallest absolute Gasteiger partial charge is 0.346 e. The van der Waals surface area contributed by atoms with Gasteiger partial charge in [-0.3, -0.25) is 19.7 Å². The summed E-state index contributed by atoms with van der Waals surface area (Å²) in [5, 5.41) is 17.6. The Morgan fingerprint density at radius 1 is 1.16 bits per heavy atom. The molecule has 1 heterocycles. The highest BCUT2D eigenvalue weighted by Crippen LogP contribution is 2.29. The number of nitrogens with one attached hydrogen (secondary N) is 1. The van der Waals surface area contributed by atoms with E-state index < -0.39 is 33.7 Å². The van der Waals surface area contributed by atoms with E-state index in [1.807, 2.05) is 0 Å². The van der Waals surface area contributed by atoms with Crippen molar-refractivity contribution in [2.24, 2.45) is 0 Å². The Labute approximate surface area is 173 Å². The van der Waals surface area contributed by atoms with Crippen LogP contribution in [0.25, 0.3) is 5.69 Å². The van der Waals surface area contributed by atoms with E-state index in [0.29, 0.717) is 0 Å². The normalized spacial score (nSPS) is 11.2. The monoisotopic (exact) mass is 432 g/mol. The topological polar surface area (TPSA) is 107 Å². The van der Waals surface area contributed by atoms with Crippen molar-refractivity contribution in [3.05, 3.63) is 97.4 Å². The maximum Gasteiger partial charge on any atom is 0.416 e. The van der Waals surface area contributed by atoms with Crippen molar-refractivity contribution < 1.29 is 22.9 Å². The molecule has 0 unspecified atom stereocenters. The predicted molar refractivity (Wildman–Crippen MR) is 104 cm³/mol. The van der Waals surface area contributed by atoms with Crippen molar-refractivity contribution in [2.75, 3.05) is 0 Å². The number of nitrogens with zero attached hydrogens (tertiary/aromatic N) is 3. The summed E-state index contributed by atoms with van der Waals surface area (Å²) < 4.78 is 39.6. The SMILES string of the molecule is Cc1cc(=O)c(C(=O)NCc2cccc(C(F)(F)F)c2)nn1-c1ccccc1[N+](=O)[O-]. The lowest BCUT2D eigenvalue weighted by Crippen LogP contribution is -2.31. The summed E-state index contributed by atoms with van der Waals surface area (Å²) in [5.74, 6) is -0.922. The summed E-state index contributed by atoms with van der Waals surface area (Å²) in [7, 11) is 0. The number of amides is 1. The maximum absolute atomic E-state index is 12.8. The molecule has 0 spiro atoms. The Morgan fingerprint density at radius 3 is 2.55 bits per heavy atom. The van der Waals surface area contributed by atoms with Crippen molar-refractivity contribution in [2.45, 2.75) is 19.6 Å². The molecule has 0 aliphatic rings. The Morgan fingerprint density at radius 2 is 1.87 bits per heavy atom. The minimum Gasteiger partial charge on any atom is -0.346 e. The van der Waals surface area contributed by atoms with Gasteiger partial charge in [0.2, 0.25) is 5.43 Å². The van der Waals surface area contributed by atoms with E-state index >= 15 is 0 Å². The van der Waals surface area contributed by atoms with Gasteiger partial charge in [-0.25, -0.2) is 4.68 Å². The Bertz CT molecular complexity index is 1220. The van der Waals surface area contributed by atoms with E-state index in [9.17, 15) is 32.9 Å². The molecule has 3 rings (SSSR count). The average molecular weight is 432 g/mol. The van der Waals surface area contributed by atoms with Crippen molar-refractivity contribution in [3.8, 4) is 5.69 Å². The van der Waals surface area contributed by atoms with Crippen molar-refractivity contribution in [3.63, 3.8) is 0 Å². The summed E-state index contributed by atoms with van der Waals surface area (Å²) >= 11 is 0. The zero-order valence-electron chi connectivity index (χ0n) is 16.0. The molecule has 8 nitrogen and oxygen atoms in total. The molecule has 1 aromatic heterocycles. The minimum absolute atomic E-state index is 0.0527. The van der Waals surface area contributed by atoms with Gasteiger partial charge in [0.1, 0.15) is 5.69 Å². The highest BCUT2D eigenvalue weighted by Gasteiger charge is 2.30. The number of alkyl halides is 3. The molecular formula is C20H15F3N4O4. The van der Waals surface area contributed by atoms with Crippen LogP contribution in [-0.2, 0) is 12.7 Å². The van der Waals surface area contributed by atoms with Gasteiger partial charge < -0.3 is 5.32 Å². The fourth-order valence-corrected chi connectivity index (χ4v) is 2.87. The van der Waals surface area contributed by atoms with E-state index in [-0.39, 0.29) is 29.2 Å². The molecule has 31 heavy (non-hydrogen) atoms. The highest BCUT2D eigenvalue weighted by molar-refractivity contribution is 5.92. The van der Waals surface area contributed by atoms with Crippen molar-refractivity contribution >= 4 is 11.6 Å². The number of para-hydroxylation sites is 2. The van der Waals surface area contributed by atoms with Crippen LogP contribution < -0.4 is 10.7 Å². The summed E-state index contributed by atoms with van der Waals surface area (Å²) in [6, 6.07) is 11.1. The van der Waals surface area contributed by atoms with Crippen LogP contribution in [0.5, 0.6) is 0 Å². The van der Waals surface area contributed by atoms with Crippen LogP contribution in [0, 0.1) is 17.0 Å². The molecule has 11 heteroatoms. The van der Waals surface area contributed by atoms with E-state index in [0.717, 1.165) is 22.9 Å². The summed E-state index contributed by atoms with van der Waals surface area (Å²) in [4.78, 5) is 35.4. The van der Waals surface area contributed by atoms with E-state index in [1.165, 1.54) is 43.3 Å². The van der Waals surface area contributed by atoms with Crippen LogP contribution in [0.15, 0.2) is 59.4 Å². The zero-order chi connectivity index (χ0) is 22.8. The number of hydrogen-bond donors (Lipinski definition) is 1. The lowest BCUT2D eigenvalue weighted by Gasteiger charge is -2.12. The Kier molecular flexibility index (Phi) is 5.86. The summed E-state index contributed by atoms with van der Waals surface area (Å²) in [6.07, 6.45) is -4.53. The third-order valence-corrected chi connectivity index (χ3v) is 4.34. The van der Waals surface area contributed by atoms with Gasteiger partial charge in [0.05, 0.1) is 10.5 Å². The molecule has 3 aromatic rings. The van der Waals surface area contributed by atoms with E-state index in [2.05, 4.69) is 10.4 Å². The van der Waals surface area contributed by atoms with Gasteiger partial charge in [0, 0.05) is 24.4 Å². The molecule has 0 fully saturated rings. The third-order valence-electron chi connectivity index (χ3n) is 4.34. The largest absolute Gasteiger partial charge is 0.416 e. The second-order valence-corrected chi connectivity index (χ2v) is 6.54. The lowest BCUT2D eigenvalue weighted by molar-refractivity contribution is -0.384. The van der Waals surface area contributed by atoms with Gasteiger partial charge >= 0.3 is 6.18 Å².